The summed E-state index contributed by atoms with van der Waals surface area (Å²) in [5, 5.41) is 3.89. The summed E-state index contributed by atoms with van der Waals surface area (Å²) in [6.45, 7) is 9.54. The van der Waals surface area contributed by atoms with Crippen molar-refractivity contribution in [3.8, 4) is 11.1 Å². The van der Waals surface area contributed by atoms with Gasteiger partial charge in [-0.05, 0) is 75.6 Å². The van der Waals surface area contributed by atoms with Crippen molar-refractivity contribution in [1.29, 1.82) is 0 Å². The molecule has 0 unspecified atom stereocenters. The Morgan fingerprint density at radius 3 is 2.57 bits per heavy atom. The number of amidine groups is 1. The highest BCUT2D eigenvalue weighted by Crippen LogP contribution is 2.38. The molecular formula is C37H47N5O6S. The van der Waals surface area contributed by atoms with Crippen LogP contribution in [0.2, 0.25) is 0 Å². The van der Waals surface area contributed by atoms with E-state index in [0.717, 1.165) is 55.5 Å². The largest absolute Gasteiger partial charge is 0.377 e. The van der Waals surface area contributed by atoms with Gasteiger partial charge in [-0.2, -0.15) is 0 Å². The van der Waals surface area contributed by atoms with Gasteiger partial charge in [-0.15, -0.1) is 0 Å². The zero-order valence-electron chi connectivity index (χ0n) is 29.0. The first-order valence-electron chi connectivity index (χ1n) is 17.5. The summed E-state index contributed by atoms with van der Waals surface area (Å²) < 4.78 is 41.0. The number of carbonyl (C=O) groups is 2. The highest BCUT2D eigenvalue weighted by atomic mass is 32.2. The van der Waals surface area contributed by atoms with E-state index in [-0.39, 0.29) is 35.1 Å². The number of amides is 2. The van der Waals surface area contributed by atoms with Gasteiger partial charge in [0, 0.05) is 36.6 Å². The molecule has 1 aliphatic carbocycles. The van der Waals surface area contributed by atoms with Crippen molar-refractivity contribution in [3.63, 3.8) is 0 Å². The smallest absolute Gasteiger partial charge is 0.263 e. The van der Waals surface area contributed by atoms with Crippen LogP contribution in [0.1, 0.15) is 87.7 Å². The lowest BCUT2D eigenvalue weighted by molar-refractivity contribution is -0.141. The lowest BCUT2D eigenvalue weighted by atomic mass is 9.88. The fraction of sp³-hybridized carbons (Fsp3) is 0.514. The highest BCUT2D eigenvalue weighted by Gasteiger charge is 2.51. The van der Waals surface area contributed by atoms with E-state index >= 15 is 0 Å². The van der Waals surface area contributed by atoms with Crippen molar-refractivity contribution >= 4 is 33.5 Å². The summed E-state index contributed by atoms with van der Waals surface area (Å²) in [5.41, 5.74) is 2.60. The highest BCUT2D eigenvalue weighted by molar-refractivity contribution is 7.92. The molecule has 2 aliphatic heterocycles. The number of hydrogen-bond donors (Lipinski definition) is 1. The molecule has 2 aromatic carbocycles. The number of benzene rings is 2. The second kappa shape index (κ2) is 14.4. The maximum Gasteiger partial charge on any atom is 0.263 e. The Balaban J connectivity index is 1.29. The molecule has 1 saturated heterocycles. The van der Waals surface area contributed by atoms with Gasteiger partial charge >= 0.3 is 0 Å². The van der Waals surface area contributed by atoms with Gasteiger partial charge in [0.05, 0.1) is 24.6 Å². The van der Waals surface area contributed by atoms with Gasteiger partial charge in [0.1, 0.15) is 11.6 Å². The van der Waals surface area contributed by atoms with E-state index in [1.807, 2.05) is 30.0 Å². The normalized spacial score (nSPS) is 20.0. The van der Waals surface area contributed by atoms with Crippen LogP contribution in [0.25, 0.3) is 11.1 Å². The van der Waals surface area contributed by atoms with Crippen molar-refractivity contribution in [2.24, 2.45) is 10.9 Å². The molecule has 1 aromatic heterocycles. The Morgan fingerprint density at radius 2 is 1.86 bits per heavy atom. The second-order valence-corrected chi connectivity index (χ2v) is 15.1. The van der Waals surface area contributed by atoms with Gasteiger partial charge in [0.25, 0.3) is 15.9 Å². The third kappa shape index (κ3) is 7.03. The second-order valence-electron chi connectivity index (χ2n) is 13.5. The molecule has 0 bridgehead atoms. The summed E-state index contributed by atoms with van der Waals surface area (Å²) >= 11 is 0. The average molecular weight is 690 g/mol. The Hall–Kier alpha value is -4.03. The first-order valence-corrected chi connectivity index (χ1v) is 19.0. The molecule has 11 nitrogen and oxygen atoms in total. The number of nitrogens with one attached hydrogen (secondary N) is 1. The van der Waals surface area contributed by atoms with E-state index in [1.54, 1.807) is 43.0 Å². The van der Waals surface area contributed by atoms with E-state index in [4.69, 9.17) is 14.3 Å². The summed E-state index contributed by atoms with van der Waals surface area (Å²) in [5.74, 6) is 1.65. The number of ether oxygens (including phenoxy) is 1. The molecule has 3 aliphatic rings. The molecule has 49 heavy (non-hydrogen) atoms. The van der Waals surface area contributed by atoms with Crippen LogP contribution in [0.15, 0.2) is 56.9 Å². The SMILES string of the molecule is CCCC1=N[C@]2(CCCN(C(=O)C3CCCC3)C2)C(=O)N1Cc1ccc(-c2ccccc2S(=O)(=O)Nc2noc(C)c2C)c(COCC)c1. The summed E-state index contributed by atoms with van der Waals surface area (Å²) in [7, 11) is -4.03. The zero-order valence-corrected chi connectivity index (χ0v) is 29.8. The molecule has 0 radical (unpaired) electrons. The molecule has 1 N–H and O–H groups in total. The first-order chi connectivity index (χ1) is 23.6. The van der Waals surface area contributed by atoms with E-state index in [9.17, 15) is 18.0 Å². The van der Waals surface area contributed by atoms with Gasteiger partial charge < -0.3 is 14.2 Å². The fourth-order valence-electron chi connectivity index (χ4n) is 7.36. The molecule has 1 atom stereocenters. The molecule has 6 rings (SSSR count). The lowest BCUT2D eigenvalue weighted by Crippen LogP contribution is -2.55. The van der Waals surface area contributed by atoms with Crippen LogP contribution < -0.4 is 4.72 Å². The first kappa shape index (κ1) is 34.8. The van der Waals surface area contributed by atoms with Crippen LogP contribution in [-0.4, -0.2) is 66.3 Å². The number of aliphatic imine (C=N–C) groups is 1. The Labute approximate surface area is 289 Å². The maximum atomic E-state index is 14.3. The van der Waals surface area contributed by atoms with Crippen LogP contribution in [0.5, 0.6) is 0 Å². The number of sulfonamides is 1. The third-order valence-electron chi connectivity index (χ3n) is 10.1. The third-order valence-corrected chi connectivity index (χ3v) is 11.5. The Kier molecular flexibility index (Phi) is 10.3. The van der Waals surface area contributed by atoms with Crippen LogP contribution in [-0.2, 0) is 37.5 Å². The molecule has 3 heterocycles. The number of anilines is 1. The molecule has 262 valence electrons. The molecule has 2 amide bonds. The van der Waals surface area contributed by atoms with Gasteiger partial charge in [-0.25, -0.2) is 8.42 Å². The quantitative estimate of drug-likeness (QED) is 0.233. The predicted molar refractivity (Wildman–Crippen MR) is 187 cm³/mol. The van der Waals surface area contributed by atoms with Gasteiger partial charge in [-0.3, -0.25) is 24.2 Å². The van der Waals surface area contributed by atoms with Crippen molar-refractivity contribution in [2.75, 3.05) is 24.4 Å². The summed E-state index contributed by atoms with van der Waals surface area (Å²) in [4.78, 5) is 36.6. The number of aromatic nitrogens is 1. The predicted octanol–water partition coefficient (Wildman–Crippen LogP) is 6.39. The number of piperidine rings is 1. The van der Waals surface area contributed by atoms with Crippen LogP contribution in [0.4, 0.5) is 5.82 Å². The minimum absolute atomic E-state index is 0.0452. The number of aryl methyl sites for hydroxylation is 1. The van der Waals surface area contributed by atoms with Crippen molar-refractivity contribution in [2.45, 2.75) is 103 Å². The van der Waals surface area contributed by atoms with Gasteiger partial charge in [0.2, 0.25) is 5.91 Å². The number of likely N-dealkylation sites (tertiary alicyclic amines) is 1. The molecule has 12 heteroatoms. The molecule has 2 fully saturated rings. The minimum Gasteiger partial charge on any atom is -0.377 e. The van der Waals surface area contributed by atoms with Crippen molar-refractivity contribution in [3.05, 3.63) is 64.9 Å². The van der Waals surface area contributed by atoms with E-state index < -0.39 is 15.6 Å². The zero-order chi connectivity index (χ0) is 34.8. The van der Waals surface area contributed by atoms with E-state index in [2.05, 4.69) is 16.8 Å². The van der Waals surface area contributed by atoms with Crippen LogP contribution in [0, 0.1) is 19.8 Å². The topological polar surface area (TPSA) is 134 Å². The molecule has 1 saturated carbocycles. The molecule has 3 aromatic rings. The average Bonchev–Trinajstić information content (AvgIpc) is 3.81. The Bertz CT molecular complexity index is 1850. The fourth-order valence-corrected chi connectivity index (χ4v) is 8.64. The van der Waals surface area contributed by atoms with Crippen LogP contribution in [0.3, 0.4) is 0 Å². The van der Waals surface area contributed by atoms with E-state index in [1.165, 1.54) is 0 Å². The Morgan fingerprint density at radius 1 is 1.08 bits per heavy atom. The monoisotopic (exact) mass is 689 g/mol. The number of rotatable bonds is 12. The summed E-state index contributed by atoms with van der Waals surface area (Å²) in [6, 6.07) is 12.7. The number of carbonyl (C=O) groups excluding carboxylic acids is 2. The van der Waals surface area contributed by atoms with Gasteiger partial charge in [0.15, 0.2) is 11.4 Å². The maximum absolute atomic E-state index is 14.3. The molecular weight excluding hydrogens is 643 g/mol. The number of nitrogens with zero attached hydrogens (tertiary/aromatic N) is 4. The lowest BCUT2D eigenvalue weighted by Gasteiger charge is -2.38. The van der Waals surface area contributed by atoms with E-state index in [0.29, 0.717) is 61.5 Å². The summed E-state index contributed by atoms with van der Waals surface area (Å²) in [6.07, 6.45) is 6.92. The minimum atomic E-state index is -4.03. The standard InChI is InChI=1S/C37H47N5O6S/c1-5-12-33-38-37(19-11-20-41(24-37)35(43)28-13-7-8-14-28)36(44)42(33)22-27-17-18-30(29(21-27)23-47-6-2)31-15-9-10-16-32(31)49(45,46)40-34-25(3)26(4)48-39-34/h9-10,15-18,21,28H,5-8,11-14,19-20,22-24H2,1-4H3,(H,39,40)/t37-/m0/s1. The number of hydrogen-bond acceptors (Lipinski definition) is 8. The van der Waals surface area contributed by atoms with Crippen molar-refractivity contribution in [1.82, 2.24) is 15.0 Å². The van der Waals surface area contributed by atoms with Crippen molar-refractivity contribution < 1.29 is 27.3 Å². The van der Waals surface area contributed by atoms with Crippen LogP contribution >= 0.6 is 0 Å². The molecule has 1 spiro atoms. The van der Waals surface area contributed by atoms with Gasteiger partial charge in [-0.1, -0.05) is 61.3 Å².